The average molecular weight is 546 g/mol. The Hall–Kier alpha value is -2.89. The van der Waals surface area contributed by atoms with E-state index in [1.807, 2.05) is 36.4 Å². The average Bonchev–Trinajstić information content (AvgIpc) is 3.24. The van der Waals surface area contributed by atoms with Crippen LogP contribution in [0, 0.1) is 0 Å². The molecule has 0 aromatic heterocycles. The first kappa shape index (κ1) is 25.7. The van der Waals surface area contributed by atoms with Gasteiger partial charge in [0.2, 0.25) is 5.60 Å². The van der Waals surface area contributed by atoms with Crippen molar-refractivity contribution in [1.29, 1.82) is 0 Å². The minimum Gasteiger partial charge on any atom is -0.467 e. The smallest absolute Gasteiger partial charge is 0.411 e. The van der Waals surface area contributed by atoms with Crippen molar-refractivity contribution in [2.75, 3.05) is 18.6 Å². The first-order valence-electron chi connectivity index (χ1n) is 11.8. The maximum Gasteiger partial charge on any atom is 0.411 e. The van der Waals surface area contributed by atoms with Crippen LogP contribution >= 0.6 is 11.8 Å². The van der Waals surface area contributed by atoms with Crippen LogP contribution in [0.3, 0.4) is 0 Å². The summed E-state index contributed by atoms with van der Waals surface area (Å²) in [5, 5.41) is -0.646. The number of methoxy groups -OCH3 is 1. The van der Waals surface area contributed by atoms with Crippen LogP contribution in [0.1, 0.15) is 12.5 Å². The summed E-state index contributed by atoms with van der Waals surface area (Å²) in [6.07, 6.45) is -3.35. The molecule has 11 heteroatoms. The highest BCUT2D eigenvalue weighted by molar-refractivity contribution is 8.01. The quantitative estimate of drug-likeness (QED) is 0.383. The van der Waals surface area contributed by atoms with Crippen molar-refractivity contribution in [3.05, 3.63) is 66.2 Å². The molecular weight excluding hydrogens is 518 g/mol. The lowest BCUT2D eigenvalue weighted by molar-refractivity contribution is -0.241. The van der Waals surface area contributed by atoms with Crippen molar-refractivity contribution >= 4 is 40.6 Å². The van der Waals surface area contributed by atoms with Crippen LogP contribution in [0.25, 0.3) is 0 Å². The minimum absolute atomic E-state index is 0.0776. The van der Waals surface area contributed by atoms with Crippen molar-refractivity contribution in [1.82, 2.24) is 4.90 Å². The van der Waals surface area contributed by atoms with E-state index in [4.69, 9.17) is 18.9 Å². The Morgan fingerprint density at radius 3 is 2.46 bits per heavy atom. The molecule has 0 radical (unpaired) electrons. The Morgan fingerprint density at radius 2 is 1.81 bits per heavy atom. The molecule has 2 aromatic rings. The van der Waals surface area contributed by atoms with Crippen LogP contribution in [0.2, 0.25) is 0 Å². The summed E-state index contributed by atoms with van der Waals surface area (Å²) in [7, 11) is -0.216. The fourth-order valence-corrected chi connectivity index (χ4v) is 8.41. The van der Waals surface area contributed by atoms with Gasteiger partial charge in [-0.2, -0.15) is 11.8 Å². The minimum atomic E-state index is -1.73. The molecule has 3 saturated heterocycles. The van der Waals surface area contributed by atoms with E-state index in [2.05, 4.69) is 0 Å². The van der Waals surface area contributed by atoms with Gasteiger partial charge in [0, 0.05) is 29.9 Å². The van der Waals surface area contributed by atoms with E-state index in [1.54, 1.807) is 24.3 Å². The molecule has 196 valence electrons. The lowest BCUT2D eigenvalue weighted by atomic mass is 9.80. The van der Waals surface area contributed by atoms with Crippen LogP contribution in [-0.2, 0) is 45.9 Å². The second-order valence-corrected chi connectivity index (χ2v) is 11.8. The van der Waals surface area contributed by atoms with Gasteiger partial charge in [0.1, 0.15) is 12.1 Å². The van der Waals surface area contributed by atoms with Gasteiger partial charge >= 0.3 is 18.0 Å². The number of ether oxygens (including phenoxy) is 4. The Labute approximate surface area is 221 Å². The summed E-state index contributed by atoms with van der Waals surface area (Å²) in [5.74, 6) is -0.808. The van der Waals surface area contributed by atoms with Gasteiger partial charge in [0.15, 0.2) is 12.2 Å². The Morgan fingerprint density at radius 1 is 1.14 bits per heavy atom. The Kier molecular flexibility index (Phi) is 7.28. The molecule has 9 nitrogen and oxygen atoms in total. The zero-order valence-electron chi connectivity index (χ0n) is 20.3. The summed E-state index contributed by atoms with van der Waals surface area (Å²) < 4.78 is 36.4. The third kappa shape index (κ3) is 4.64. The summed E-state index contributed by atoms with van der Waals surface area (Å²) >= 11 is 1.39. The fraction of sp³-hybridized carbons (Fsp3) is 0.423. The monoisotopic (exact) mass is 545 g/mol. The van der Waals surface area contributed by atoms with Crippen molar-refractivity contribution in [2.24, 2.45) is 0 Å². The summed E-state index contributed by atoms with van der Waals surface area (Å²) in [6, 6.07) is 17.5. The Bertz CT molecular complexity index is 1200. The lowest BCUT2D eigenvalue weighted by Gasteiger charge is -2.54. The maximum absolute atomic E-state index is 13.5. The standard InChI is InChI=1S/C26H27NO8S2/c1-16(28)33-22-19-14-36-20(15-37(31)18-11-7-4-8-12-18)26(35-19,24(29)32-2)23-21(22)27(25(30)34-23)13-17-9-5-3-6-10-17/h3-12,19-23H,13-15H2,1-2H3/t19-,20+,21-,22?,23-,26+,37?/m1/s1. The molecule has 0 spiro atoms. The summed E-state index contributed by atoms with van der Waals surface area (Å²) in [6.45, 7) is 1.48. The number of hydrogen-bond donors (Lipinski definition) is 0. The van der Waals surface area contributed by atoms with Gasteiger partial charge in [-0.15, -0.1) is 0 Å². The molecule has 1 amide bonds. The van der Waals surface area contributed by atoms with E-state index in [0.29, 0.717) is 10.6 Å². The largest absolute Gasteiger partial charge is 0.467 e. The number of carbonyl (C=O) groups excluding carboxylic acids is 3. The number of fused-ring (bicyclic) bond motifs is 4. The van der Waals surface area contributed by atoms with Gasteiger partial charge in [-0.3, -0.25) is 13.9 Å². The molecule has 2 bridgehead atoms. The number of esters is 2. The van der Waals surface area contributed by atoms with Crippen molar-refractivity contribution in [3.63, 3.8) is 0 Å². The molecule has 2 unspecified atom stereocenters. The number of hydrogen-bond acceptors (Lipinski definition) is 9. The van der Waals surface area contributed by atoms with E-state index >= 15 is 0 Å². The van der Waals surface area contributed by atoms with Crippen LogP contribution in [0.15, 0.2) is 65.6 Å². The Balaban J connectivity index is 1.55. The fourth-order valence-electron chi connectivity index (χ4n) is 5.27. The number of benzene rings is 2. The molecule has 3 aliphatic rings. The zero-order valence-corrected chi connectivity index (χ0v) is 21.9. The molecule has 5 rings (SSSR count). The maximum atomic E-state index is 13.5. The molecule has 3 heterocycles. The highest BCUT2D eigenvalue weighted by atomic mass is 32.2. The molecular formula is C26H27NO8S2. The first-order chi connectivity index (χ1) is 17.8. The van der Waals surface area contributed by atoms with E-state index in [-0.39, 0.29) is 12.3 Å². The summed E-state index contributed by atoms with van der Waals surface area (Å²) in [4.78, 5) is 40.9. The van der Waals surface area contributed by atoms with Crippen molar-refractivity contribution < 1.29 is 37.5 Å². The third-order valence-electron chi connectivity index (χ3n) is 6.86. The second-order valence-electron chi connectivity index (χ2n) is 9.07. The number of carbonyl (C=O) groups is 3. The van der Waals surface area contributed by atoms with Gasteiger partial charge in [0.05, 0.1) is 23.2 Å². The van der Waals surface area contributed by atoms with E-state index in [0.717, 1.165) is 5.56 Å². The number of nitrogens with zero attached hydrogens (tertiary/aromatic N) is 1. The van der Waals surface area contributed by atoms with E-state index < -0.39 is 64.0 Å². The van der Waals surface area contributed by atoms with Crippen LogP contribution in [0.4, 0.5) is 4.79 Å². The topological polar surface area (TPSA) is 108 Å². The van der Waals surface area contributed by atoms with Gasteiger partial charge in [-0.1, -0.05) is 48.5 Å². The number of thioether (sulfide) groups is 1. The van der Waals surface area contributed by atoms with Gasteiger partial charge < -0.3 is 18.9 Å². The van der Waals surface area contributed by atoms with Crippen molar-refractivity contribution in [2.45, 2.75) is 53.6 Å². The van der Waals surface area contributed by atoms with Gasteiger partial charge in [-0.05, 0) is 17.7 Å². The van der Waals surface area contributed by atoms with Crippen LogP contribution in [-0.4, -0.2) is 81.0 Å². The normalized spacial score (nSPS) is 31.1. The zero-order chi connectivity index (χ0) is 26.2. The molecule has 0 aliphatic carbocycles. The SMILES string of the molecule is COC(=O)[C@]12O[C@H](CS[C@H]1CS(=O)c1ccccc1)C(OC(C)=O)[C@@H]1[C@H]2OC(=O)N1Cc1ccccc1. The van der Waals surface area contributed by atoms with Crippen LogP contribution in [0.5, 0.6) is 0 Å². The van der Waals surface area contributed by atoms with Crippen molar-refractivity contribution in [3.8, 4) is 0 Å². The molecule has 3 aliphatic heterocycles. The van der Waals surface area contributed by atoms with Gasteiger partial charge in [-0.25, -0.2) is 9.59 Å². The predicted molar refractivity (Wildman–Crippen MR) is 135 cm³/mol. The van der Waals surface area contributed by atoms with Crippen LogP contribution < -0.4 is 0 Å². The molecule has 7 atom stereocenters. The summed E-state index contributed by atoms with van der Waals surface area (Å²) in [5.41, 5.74) is -0.878. The molecule has 3 fully saturated rings. The lowest BCUT2D eigenvalue weighted by Crippen LogP contribution is -2.75. The highest BCUT2D eigenvalue weighted by Crippen LogP contribution is 2.50. The molecule has 0 N–H and O–H groups in total. The van der Waals surface area contributed by atoms with E-state index in [1.165, 1.54) is 30.7 Å². The predicted octanol–water partition coefficient (Wildman–Crippen LogP) is 2.54. The molecule has 0 saturated carbocycles. The third-order valence-corrected chi connectivity index (χ3v) is 9.94. The number of rotatable bonds is 7. The first-order valence-corrected chi connectivity index (χ1v) is 14.2. The highest BCUT2D eigenvalue weighted by Gasteiger charge is 2.72. The molecule has 2 aromatic carbocycles. The van der Waals surface area contributed by atoms with E-state index in [9.17, 15) is 18.6 Å². The molecule has 37 heavy (non-hydrogen) atoms. The second kappa shape index (κ2) is 10.5. The van der Waals surface area contributed by atoms with Gasteiger partial charge in [0.25, 0.3) is 0 Å². The number of amides is 1.